The molecule has 0 bridgehead atoms. The minimum Gasteiger partial charge on any atom is -0.340 e. The van der Waals surface area contributed by atoms with Gasteiger partial charge in [0.1, 0.15) is 0 Å². The Morgan fingerprint density at radius 2 is 1.87 bits per heavy atom. The molecule has 1 saturated heterocycles. The van der Waals surface area contributed by atoms with Gasteiger partial charge in [-0.25, -0.2) is 4.79 Å². The molecule has 122 valence electrons. The molecule has 0 radical (unpaired) electrons. The summed E-state index contributed by atoms with van der Waals surface area (Å²) in [6, 6.07) is 7.86. The third-order valence-electron chi connectivity index (χ3n) is 4.22. The van der Waals surface area contributed by atoms with E-state index < -0.39 is 0 Å². The fourth-order valence-corrected chi connectivity index (χ4v) is 2.76. The Kier molecular flexibility index (Phi) is 4.29. The number of hydrogen-bond acceptors (Lipinski definition) is 4. The molecule has 1 aromatic heterocycles. The van der Waals surface area contributed by atoms with E-state index in [-0.39, 0.29) is 11.5 Å². The highest BCUT2D eigenvalue weighted by molar-refractivity contribution is 5.73. The normalized spacial score (nSPS) is 15.8. The molecule has 0 atom stereocenters. The quantitative estimate of drug-likeness (QED) is 0.822. The molecule has 1 fully saturated rings. The molecule has 1 aromatic carbocycles. The van der Waals surface area contributed by atoms with Gasteiger partial charge in [-0.2, -0.15) is 0 Å². The van der Waals surface area contributed by atoms with Crippen LogP contribution in [0.4, 0.5) is 0 Å². The molecule has 2 heterocycles. The van der Waals surface area contributed by atoms with E-state index >= 15 is 0 Å². The molecule has 0 saturated carbocycles. The second-order valence-corrected chi connectivity index (χ2v) is 5.88. The lowest BCUT2D eigenvalue weighted by Gasteiger charge is -2.32. The van der Waals surface area contributed by atoms with E-state index in [9.17, 15) is 9.59 Å². The molecule has 0 aliphatic carbocycles. The van der Waals surface area contributed by atoms with Gasteiger partial charge in [0.25, 0.3) is 0 Å². The molecule has 23 heavy (non-hydrogen) atoms. The standard InChI is InChI=1S/C16H20N4O3/c1-12-3-5-14(6-4-12)20-15(16(22)23-17-20)11-18-7-9-19(10-8-18)13(2)21/h3-6H,7-11H2,1-2H3/p+1. The summed E-state index contributed by atoms with van der Waals surface area (Å²) in [4.78, 5) is 27.4. The van der Waals surface area contributed by atoms with Crippen LogP contribution in [-0.4, -0.2) is 47.2 Å². The van der Waals surface area contributed by atoms with Crippen LogP contribution in [0.5, 0.6) is 0 Å². The predicted octanol–water partition coefficient (Wildman–Crippen LogP) is 0.217. The first kappa shape index (κ1) is 15.5. The van der Waals surface area contributed by atoms with Crippen molar-refractivity contribution >= 4 is 5.91 Å². The highest BCUT2D eigenvalue weighted by atomic mass is 16.5. The van der Waals surface area contributed by atoms with Crippen molar-refractivity contribution in [3.05, 3.63) is 45.9 Å². The largest absolute Gasteiger partial charge is 0.431 e. The van der Waals surface area contributed by atoms with Gasteiger partial charge in [0.05, 0.1) is 6.54 Å². The van der Waals surface area contributed by atoms with Crippen molar-refractivity contribution in [2.75, 3.05) is 26.2 Å². The second kappa shape index (κ2) is 6.37. The highest BCUT2D eigenvalue weighted by Gasteiger charge is 2.27. The number of nitrogens with zero attached hydrogens (tertiary/aromatic N) is 3. The summed E-state index contributed by atoms with van der Waals surface area (Å²) in [5, 5.41) is 2.66. The number of carbonyl (C=O) groups excluding carboxylic acids is 1. The van der Waals surface area contributed by atoms with Gasteiger partial charge in [0, 0.05) is 45.2 Å². The number of aromatic amines is 1. The molecular weight excluding hydrogens is 296 g/mol. The van der Waals surface area contributed by atoms with Crippen LogP contribution < -0.4 is 10.3 Å². The molecule has 7 nitrogen and oxygen atoms in total. The van der Waals surface area contributed by atoms with Crippen LogP contribution in [0.1, 0.15) is 18.2 Å². The number of piperazine rings is 1. The van der Waals surface area contributed by atoms with E-state index in [4.69, 9.17) is 4.52 Å². The molecule has 1 amide bonds. The summed E-state index contributed by atoms with van der Waals surface area (Å²) in [6.45, 7) is 6.97. The minimum atomic E-state index is -0.362. The number of hydrogen-bond donors (Lipinski definition) is 1. The third-order valence-corrected chi connectivity index (χ3v) is 4.22. The monoisotopic (exact) mass is 317 g/mol. The summed E-state index contributed by atoms with van der Waals surface area (Å²) in [5.74, 6) is 0.0977. The SMILES string of the molecule is CC(=O)N1CCN(Cc2c(=O)o[nH][n+]2-c2ccc(C)cc2)CC1. The zero-order chi connectivity index (χ0) is 16.4. The Balaban J connectivity index is 1.76. The molecule has 1 aliphatic rings. The summed E-state index contributed by atoms with van der Waals surface area (Å²) < 4.78 is 6.65. The lowest BCUT2D eigenvalue weighted by molar-refractivity contribution is -0.678. The summed E-state index contributed by atoms with van der Waals surface area (Å²) >= 11 is 0. The van der Waals surface area contributed by atoms with Crippen LogP contribution in [0.3, 0.4) is 0 Å². The van der Waals surface area contributed by atoms with Crippen molar-refractivity contribution in [2.45, 2.75) is 20.4 Å². The smallest absolute Gasteiger partial charge is 0.340 e. The fourth-order valence-electron chi connectivity index (χ4n) is 2.76. The average Bonchev–Trinajstić information content (AvgIpc) is 2.90. The Morgan fingerprint density at radius 3 is 2.48 bits per heavy atom. The first-order valence-corrected chi connectivity index (χ1v) is 7.72. The molecule has 1 aliphatic heterocycles. The molecule has 3 rings (SSSR count). The number of benzene rings is 1. The Bertz CT molecular complexity index is 739. The Morgan fingerprint density at radius 1 is 1.22 bits per heavy atom. The number of amides is 1. The van der Waals surface area contributed by atoms with Crippen LogP contribution in [0.15, 0.2) is 33.6 Å². The fraction of sp³-hybridized carbons (Fsp3) is 0.438. The van der Waals surface area contributed by atoms with Gasteiger partial charge < -0.3 is 4.90 Å². The van der Waals surface area contributed by atoms with Gasteiger partial charge >= 0.3 is 11.3 Å². The molecular formula is C16H21N4O3+. The van der Waals surface area contributed by atoms with E-state index in [2.05, 4.69) is 10.2 Å². The zero-order valence-corrected chi connectivity index (χ0v) is 13.4. The number of aryl methyl sites for hydroxylation is 1. The lowest BCUT2D eigenvalue weighted by Crippen LogP contribution is -2.50. The summed E-state index contributed by atoms with van der Waals surface area (Å²) in [7, 11) is 0. The zero-order valence-electron chi connectivity index (χ0n) is 13.4. The minimum absolute atomic E-state index is 0.0977. The van der Waals surface area contributed by atoms with E-state index in [0.717, 1.165) is 24.3 Å². The number of H-pyrrole nitrogens is 1. The maximum absolute atomic E-state index is 12.0. The average molecular weight is 317 g/mol. The molecule has 2 aromatic rings. The van der Waals surface area contributed by atoms with Gasteiger partial charge in [0.15, 0.2) is 0 Å². The maximum atomic E-state index is 12.0. The molecule has 1 N–H and O–H groups in total. The maximum Gasteiger partial charge on any atom is 0.431 e. The van der Waals surface area contributed by atoms with E-state index in [1.807, 2.05) is 36.1 Å². The van der Waals surface area contributed by atoms with Gasteiger partial charge in [-0.05, 0) is 16.9 Å². The van der Waals surface area contributed by atoms with Gasteiger partial charge in [0.2, 0.25) is 11.6 Å². The van der Waals surface area contributed by atoms with Crippen molar-refractivity contribution in [2.24, 2.45) is 0 Å². The van der Waals surface area contributed by atoms with Gasteiger partial charge in [-0.3, -0.25) is 14.2 Å². The number of carbonyl (C=O) groups is 1. The van der Waals surface area contributed by atoms with E-state index in [0.29, 0.717) is 25.3 Å². The van der Waals surface area contributed by atoms with E-state index in [1.54, 1.807) is 11.6 Å². The summed E-state index contributed by atoms with van der Waals surface area (Å²) in [6.07, 6.45) is 0. The van der Waals surface area contributed by atoms with Crippen LogP contribution >= 0.6 is 0 Å². The van der Waals surface area contributed by atoms with Crippen molar-refractivity contribution in [1.82, 2.24) is 15.1 Å². The first-order chi connectivity index (χ1) is 11.0. The topological polar surface area (TPSA) is 73.4 Å². The van der Waals surface area contributed by atoms with Crippen molar-refractivity contribution in [3.63, 3.8) is 0 Å². The highest BCUT2D eigenvalue weighted by Crippen LogP contribution is 2.07. The number of aromatic nitrogens is 2. The lowest BCUT2D eigenvalue weighted by atomic mass is 10.2. The Labute approximate surface area is 134 Å². The first-order valence-electron chi connectivity index (χ1n) is 7.72. The second-order valence-electron chi connectivity index (χ2n) is 5.88. The molecule has 7 heteroatoms. The van der Waals surface area contributed by atoms with Gasteiger partial charge in [-0.1, -0.05) is 17.7 Å². The van der Waals surface area contributed by atoms with Crippen LogP contribution in [0.2, 0.25) is 0 Å². The third kappa shape index (κ3) is 3.34. The van der Waals surface area contributed by atoms with Crippen molar-refractivity contribution in [3.8, 4) is 5.69 Å². The number of nitrogens with one attached hydrogen (secondary N) is 1. The Hall–Kier alpha value is -2.41. The molecule has 0 unspecified atom stereocenters. The van der Waals surface area contributed by atoms with Crippen molar-refractivity contribution < 1.29 is 14.0 Å². The number of rotatable bonds is 3. The predicted molar refractivity (Wildman–Crippen MR) is 83.1 cm³/mol. The van der Waals surface area contributed by atoms with Crippen LogP contribution in [-0.2, 0) is 11.3 Å². The molecule has 0 spiro atoms. The van der Waals surface area contributed by atoms with Gasteiger partial charge in [-0.15, -0.1) is 0 Å². The van der Waals surface area contributed by atoms with Crippen molar-refractivity contribution in [1.29, 1.82) is 0 Å². The van der Waals surface area contributed by atoms with E-state index in [1.165, 1.54) is 0 Å². The van der Waals surface area contributed by atoms with Crippen LogP contribution in [0, 0.1) is 6.92 Å². The van der Waals surface area contributed by atoms with Crippen LogP contribution in [0.25, 0.3) is 5.69 Å². The summed E-state index contributed by atoms with van der Waals surface area (Å²) in [5.41, 5.74) is 2.21.